The summed E-state index contributed by atoms with van der Waals surface area (Å²) in [5.41, 5.74) is -0.370. The molecular formula is C14H17F3N2OS. The van der Waals surface area contributed by atoms with Gasteiger partial charge in [0.05, 0.1) is 5.54 Å². The molecule has 2 heterocycles. The third-order valence-electron chi connectivity index (χ3n) is 5.86. The van der Waals surface area contributed by atoms with E-state index in [1.54, 1.807) is 6.92 Å². The second kappa shape index (κ2) is 3.97. The quantitative estimate of drug-likeness (QED) is 0.746. The number of amides is 1. The van der Waals surface area contributed by atoms with Gasteiger partial charge in [-0.3, -0.25) is 9.79 Å². The minimum atomic E-state index is -4.55. The van der Waals surface area contributed by atoms with Crippen LogP contribution in [0.2, 0.25) is 0 Å². The van der Waals surface area contributed by atoms with Crippen molar-refractivity contribution in [1.29, 1.82) is 0 Å². The Hall–Kier alpha value is -0.720. The van der Waals surface area contributed by atoms with Gasteiger partial charge >= 0.3 is 6.18 Å². The SMILES string of the molecule is CC1C[C@@]2(C[C@@H]3CC[C@H]2C3)N=C2NC(=O)[C@@]1(C(F)(F)F)S2. The fraction of sp³-hybridized carbons (Fsp3) is 0.857. The number of carbonyl (C=O) groups is 1. The van der Waals surface area contributed by atoms with E-state index in [4.69, 9.17) is 0 Å². The Morgan fingerprint density at radius 1 is 1.33 bits per heavy atom. The topological polar surface area (TPSA) is 41.5 Å². The normalized spacial score (nSPS) is 48.5. The van der Waals surface area contributed by atoms with Gasteiger partial charge in [-0.2, -0.15) is 13.2 Å². The molecule has 1 N–H and O–H groups in total. The Kier molecular flexibility index (Phi) is 2.63. The van der Waals surface area contributed by atoms with Crippen molar-refractivity contribution < 1.29 is 18.0 Å². The molecule has 7 heteroatoms. The highest BCUT2D eigenvalue weighted by molar-refractivity contribution is 8.16. The Morgan fingerprint density at radius 3 is 2.67 bits per heavy atom. The summed E-state index contributed by atoms with van der Waals surface area (Å²) in [5, 5.41) is 2.59. The van der Waals surface area contributed by atoms with Crippen molar-refractivity contribution in [2.24, 2.45) is 22.7 Å². The Bertz CT molecular complexity index is 549. The van der Waals surface area contributed by atoms with Gasteiger partial charge in [0.1, 0.15) is 0 Å². The van der Waals surface area contributed by atoms with Crippen LogP contribution >= 0.6 is 11.8 Å². The highest BCUT2D eigenvalue weighted by Crippen LogP contribution is 2.61. The minimum Gasteiger partial charge on any atom is -0.304 e. The van der Waals surface area contributed by atoms with E-state index in [-0.39, 0.29) is 10.7 Å². The van der Waals surface area contributed by atoms with Crippen LogP contribution in [0.5, 0.6) is 0 Å². The van der Waals surface area contributed by atoms with Gasteiger partial charge in [-0.05, 0) is 49.9 Å². The molecule has 0 aromatic rings. The van der Waals surface area contributed by atoms with Crippen molar-refractivity contribution in [1.82, 2.24) is 5.32 Å². The summed E-state index contributed by atoms with van der Waals surface area (Å²) >= 11 is 0.596. The van der Waals surface area contributed by atoms with E-state index >= 15 is 0 Å². The molecule has 1 spiro atoms. The number of nitrogens with zero attached hydrogens (tertiary/aromatic N) is 1. The number of hydrogen-bond acceptors (Lipinski definition) is 3. The second-order valence-electron chi connectivity index (χ2n) is 7.00. The molecule has 1 saturated heterocycles. The maximum absolute atomic E-state index is 13.6. The van der Waals surface area contributed by atoms with Gasteiger partial charge in [0.25, 0.3) is 5.91 Å². The van der Waals surface area contributed by atoms with Crippen molar-refractivity contribution in [3.05, 3.63) is 0 Å². The van der Waals surface area contributed by atoms with E-state index in [0.29, 0.717) is 30.0 Å². The maximum atomic E-state index is 13.6. The number of carbonyl (C=O) groups excluding carboxylic acids is 1. The molecule has 116 valence electrons. The molecular weight excluding hydrogens is 301 g/mol. The van der Waals surface area contributed by atoms with Crippen molar-refractivity contribution >= 4 is 22.8 Å². The number of amidine groups is 1. The van der Waals surface area contributed by atoms with Gasteiger partial charge in [0.15, 0.2) is 9.91 Å². The zero-order chi connectivity index (χ0) is 15.0. The van der Waals surface area contributed by atoms with Crippen LogP contribution in [0, 0.1) is 17.8 Å². The number of fused-ring (bicyclic) bond motifs is 5. The van der Waals surface area contributed by atoms with E-state index < -0.39 is 22.7 Å². The van der Waals surface area contributed by atoms with Crippen LogP contribution in [0.1, 0.15) is 39.0 Å². The molecule has 4 rings (SSSR count). The average Bonchev–Trinajstić information content (AvgIpc) is 2.98. The number of hydrogen-bond donors (Lipinski definition) is 1. The van der Waals surface area contributed by atoms with Crippen LogP contribution in [0.4, 0.5) is 13.2 Å². The third kappa shape index (κ3) is 1.64. The predicted octanol–water partition coefficient (Wildman–Crippen LogP) is 3.11. The summed E-state index contributed by atoms with van der Waals surface area (Å²) in [6.07, 6.45) is 0.0253. The number of thioether (sulfide) groups is 1. The highest BCUT2D eigenvalue weighted by atomic mass is 32.2. The molecule has 0 aromatic heterocycles. The first kappa shape index (κ1) is 13.9. The fourth-order valence-electron chi connectivity index (χ4n) is 4.98. The molecule has 0 radical (unpaired) electrons. The fourth-order valence-corrected chi connectivity index (χ4v) is 6.20. The first-order chi connectivity index (χ1) is 9.77. The van der Waals surface area contributed by atoms with Gasteiger partial charge in [0.2, 0.25) is 0 Å². The largest absolute Gasteiger partial charge is 0.412 e. The van der Waals surface area contributed by atoms with E-state index in [9.17, 15) is 18.0 Å². The standard InChI is InChI=1S/C14H17F3N2OS/c1-7-5-12(6-8-2-3-9(12)4-8)19-11-18-10(20)13(7,21-11)14(15,16)17/h7-9H,2-6H2,1H3,(H,18,19,20)/t7?,8-,9+,12+,13+/m1/s1. The molecule has 3 nitrogen and oxygen atoms in total. The first-order valence-corrected chi connectivity index (χ1v) is 8.25. The Morgan fingerprint density at radius 2 is 2.10 bits per heavy atom. The minimum absolute atomic E-state index is 0.189. The number of alkyl halides is 3. The van der Waals surface area contributed by atoms with Crippen molar-refractivity contribution in [3.8, 4) is 0 Å². The summed E-state index contributed by atoms with van der Waals surface area (Å²) < 4.78 is 38.5. The molecule has 1 amide bonds. The summed E-state index contributed by atoms with van der Waals surface area (Å²) in [7, 11) is 0. The van der Waals surface area contributed by atoms with E-state index in [2.05, 4.69) is 10.3 Å². The van der Waals surface area contributed by atoms with Crippen LogP contribution in [0.3, 0.4) is 0 Å². The van der Waals surface area contributed by atoms with Crippen molar-refractivity contribution in [3.63, 3.8) is 0 Å². The first-order valence-electron chi connectivity index (χ1n) is 7.44. The monoisotopic (exact) mass is 318 g/mol. The molecule has 2 aliphatic carbocycles. The second-order valence-corrected chi connectivity index (χ2v) is 8.23. The average molecular weight is 318 g/mol. The van der Waals surface area contributed by atoms with Gasteiger partial charge in [-0.25, -0.2) is 0 Å². The molecule has 1 unspecified atom stereocenters. The molecule has 4 bridgehead atoms. The van der Waals surface area contributed by atoms with Gasteiger partial charge in [0, 0.05) is 0 Å². The lowest BCUT2D eigenvalue weighted by atomic mass is 9.72. The predicted molar refractivity (Wildman–Crippen MR) is 73.9 cm³/mol. The van der Waals surface area contributed by atoms with Gasteiger partial charge < -0.3 is 5.32 Å². The lowest BCUT2D eigenvalue weighted by Gasteiger charge is -2.40. The molecule has 3 fully saturated rings. The Balaban J connectivity index is 1.79. The van der Waals surface area contributed by atoms with Crippen LogP contribution in [0.15, 0.2) is 4.99 Å². The van der Waals surface area contributed by atoms with Crippen molar-refractivity contribution in [2.75, 3.05) is 0 Å². The van der Waals surface area contributed by atoms with Crippen LogP contribution < -0.4 is 5.32 Å². The van der Waals surface area contributed by atoms with Gasteiger partial charge in [-0.1, -0.05) is 18.7 Å². The van der Waals surface area contributed by atoms with Crippen LogP contribution in [0.25, 0.3) is 0 Å². The lowest BCUT2D eigenvalue weighted by Crippen LogP contribution is -2.56. The summed E-state index contributed by atoms with van der Waals surface area (Å²) in [4.78, 5) is 16.7. The van der Waals surface area contributed by atoms with Crippen LogP contribution in [-0.2, 0) is 4.79 Å². The zero-order valence-corrected chi connectivity index (χ0v) is 12.5. The summed E-state index contributed by atoms with van der Waals surface area (Å²) in [6.45, 7) is 1.57. The van der Waals surface area contributed by atoms with Gasteiger partial charge in [-0.15, -0.1) is 0 Å². The lowest BCUT2D eigenvalue weighted by molar-refractivity contribution is -0.179. The third-order valence-corrected chi connectivity index (χ3v) is 7.39. The summed E-state index contributed by atoms with van der Waals surface area (Å²) in [6, 6.07) is 0. The number of aliphatic imine (C=N–C) groups is 1. The Labute approximate surface area is 125 Å². The molecule has 21 heavy (non-hydrogen) atoms. The molecule has 4 aliphatic rings. The van der Waals surface area contributed by atoms with E-state index in [1.807, 2.05) is 0 Å². The van der Waals surface area contributed by atoms with Crippen molar-refractivity contribution in [2.45, 2.75) is 55.5 Å². The molecule has 2 saturated carbocycles. The maximum Gasteiger partial charge on any atom is 0.412 e. The summed E-state index contributed by atoms with van der Waals surface area (Å²) in [5.74, 6) is -0.708. The zero-order valence-electron chi connectivity index (χ0n) is 11.7. The molecule has 2 aliphatic heterocycles. The molecule has 5 atom stereocenters. The number of nitrogens with one attached hydrogen (secondary N) is 1. The van der Waals surface area contributed by atoms with E-state index in [1.165, 1.54) is 6.42 Å². The van der Waals surface area contributed by atoms with Crippen LogP contribution in [-0.4, -0.2) is 27.5 Å². The van der Waals surface area contributed by atoms with E-state index in [0.717, 1.165) is 19.3 Å². The number of halogens is 3. The smallest absolute Gasteiger partial charge is 0.304 e. The molecule has 0 aromatic carbocycles. The number of rotatable bonds is 0. The highest BCUT2D eigenvalue weighted by Gasteiger charge is 2.70.